The summed E-state index contributed by atoms with van der Waals surface area (Å²) in [7, 11) is 0. The van der Waals surface area contributed by atoms with E-state index in [1.807, 2.05) is 0 Å². The average molecular weight is 354 g/mol. The Kier molecular flexibility index (Phi) is 3.43. The van der Waals surface area contributed by atoms with Crippen molar-refractivity contribution < 1.29 is 39.5 Å². The van der Waals surface area contributed by atoms with Crippen molar-refractivity contribution in [2.75, 3.05) is 0 Å². The first-order valence-electron chi connectivity index (χ1n) is 6.20. The first kappa shape index (κ1) is 16.4. The molecule has 0 fully saturated rings. The van der Waals surface area contributed by atoms with E-state index in [4.69, 9.17) is 0 Å². The highest BCUT2D eigenvalue weighted by atomic mass is 19.2. The van der Waals surface area contributed by atoms with E-state index < -0.39 is 79.5 Å². The smallest absolute Gasteiger partial charge is 0.198 e. The molecule has 0 nitrogen and oxygen atoms in total. The molecule has 0 heterocycles. The number of fused-ring (bicyclic) bond motifs is 2. The standard InChI is InChI=1S/C15H3F9/c1-2-3-4(10(19)13(22)7(2)16)9(18)6-5(8(3)17)11(20)14(23)15(24)12(6)21/h1H3. The maximum absolute atomic E-state index is 14.4. The van der Waals surface area contributed by atoms with Crippen LogP contribution in [0.1, 0.15) is 5.56 Å². The second-order valence-electron chi connectivity index (χ2n) is 4.95. The number of aryl methyl sites for hydroxylation is 1. The van der Waals surface area contributed by atoms with E-state index in [1.165, 1.54) is 0 Å². The maximum Gasteiger partial charge on any atom is 0.198 e. The van der Waals surface area contributed by atoms with Crippen molar-refractivity contribution in [3.63, 3.8) is 0 Å². The molecule has 3 aromatic carbocycles. The molecule has 0 aliphatic rings. The van der Waals surface area contributed by atoms with Crippen molar-refractivity contribution in [3.8, 4) is 0 Å². The van der Waals surface area contributed by atoms with Crippen LogP contribution in [-0.2, 0) is 0 Å². The fraction of sp³-hybridized carbons (Fsp3) is 0.0667. The highest BCUT2D eigenvalue weighted by Gasteiger charge is 2.31. The lowest BCUT2D eigenvalue weighted by atomic mass is 9.96. The predicted octanol–water partition coefficient (Wildman–Crippen LogP) is 5.55. The Morgan fingerprint density at radius 3 is 1.04 bits per heavy atom. The Hall–Kier alpha value is -2.45. The lowest BCUT2D eigenvalue weighted by molar-refractivity contribution is 0.414. The van der Waals surface area contributed by atoms with Crippen molar-refractivity contribution in [2.24, 2.45) is 0 Å². The fourth-order valence-electron chi connectivity index (χ4n) is 2.55. The number of rotatable bonds is 0. The quantitative estimate of drug-likeness (QED) is 0.215. The molecule has 126 valence electrons. The van der Waals surface area contributed by atoms with E-state index >= 15 is 0 Å². The van der Waals surface area contributed by atoms with Crippen LogP contribution in [0.15, 0.2) is 0 Å². The van der Waals surface area contributed by atoms with Gasteiger partial charge in [0.2, 0.25) is 0 Å². The van der Waals surface area contributed by atoms with Gasteiger partial charge < -0.3 is 0 Å². The minimum absolute atomic E-state index is 0.725. The van der Waals surface area contributed by atoms with Crippen LogP contribution in [0.4, 0.5) is 39.5 Å². The number of benzene rings is 3. The molecule has 0 saturated carbocycles. The van der Waals surface area contributed by atoms with E-state index in [0.29, 0.717) is 0 Å². The third-order valence-corrected chi connectivity index (χ3v) is 3.70. The summed E-state index contributed by atoms with van der Waals surface area (Å²) in [6.07, 6.45) is 0. The van der Waals surface area contributed by atoms with Crippen LogP contribution in [-0.4, -0.2) is 0 Å². The summed E-state index contributed by atoms with van der Waals surface area (Å²) in [5.74, 6) is -19.8. The van der Waals surface area contributed by atoms with E-state index in [2.05, 4.69) is 0 Å². The predicted molar refractivity (Wildman–Crippen MR) is 65.8 cm³/mol. The number of hydrogen-bond acceptors (Lipinski definition) is 0. The molecule has 0 spiro atoms. The molecule has 0 aromatic heterocycles. The lowest BCUT2D eigenvalue weighted by Crippen LogP contribution is -2.07. The van der Waals surface area contributed by atoms with Gasteiger partial charge in [0.1, 0.15) is 11.6 Å². The second kappa shape index (κ2) is 5.02. The maximum atomic E-state index is 14.4. The molecule has 3 aromatic rings. The van der Waals surface area contributed by atoms with Gasteiger partial charge in [0.05, 0.1) is 16.2 Å². The zero-order valence-corrected chi connectivity index (χ0v) is 11.4. The van der Waals surface area contributed by atoms with Crippen molar-refractivity contribution >= 4 is 21.5 Å². The van der Waals surface area contributed by atoms with Crippen LogP contribution < -0.4 is 0 Å². The van der Waals surface area contributed by atoms with Crippen LogP contribution in [0, 0.1) is 59.3 Å². The fourth-order valence-corrected chi connectivity index (χ4v) is 2.55. The highest BCUT2D eigenvalue weighted by molar-refractivity contribution is 6.02. The third kappa shape index (κ3) is 1.78. The molecule has 0 bridgehead atoms. The SMILES string of the molecule is Cc1c(F)c(F)c(F)c2c(F)c3c(F)c(F)c(F)c(F)c3c(F)c12. The first-order chi connectivity index (χ1) is 11.1. The van der Waals surface area contributed by atoms with Gasteiger partial charge in [-0.3, -0.25) is 0 Å². The zero-order chi connectivity index (χ0) is 18.1. The van der Waals surface area contributed by atoms with Crippen molar-refractivity contribution in [1.29, 1.82) is 0 Å². The zero-order valence-electron chi connectivity index (χ0n) is 11.4. The first-order valence-corrected chi connectivity index (χ1v) is 6.20. The summed E-state index contributed by atoms with van der Waals surface area (Å²) in [5.41, 5.74) is -0.952. The molecule has 0 amide bonds. The lowest BCUT2D eigenvalue weighted by Gasteiger charge is -2.13. The summed E-state index contributed by atoms with van der Waals surface area (Å²) < 4.78 is 124. The van der Waals surface area contributed by atoms with E-state index in [0.717, 1.165) is 6.92 Å². The molecule has 0 atom stereocenters. The monoisotopic (exact) mass is 354 g/mol. The van der Waals surface area contributed by atoms with Gasteiger partial charge in [-0.25, -0.2) is 39.5 Å². The Balaban J connectivity index is 2.82. The topological polar surface area (TPSA) is 0 Å². The minimum Gasteiger partial charge on any atom is -0.205 e. The Morgan fingerprint density at radius 1 is 0.333 bits per heavy atom. The molecule has 24 heavy (non-hydrogen) atoms. The molecule has 0 aliphatic carbocycles. The molecule has 0 aliphatic heterocycles. The molecular formula is C15H3F9. The molecule has 9 heteroatoms. The van der Waals surface area contributed by atoms with E-state index in [-0.39, 0.29) is 0 Å². The second-order valence-corrected chi connectivity index (χ2v) is 4.95. The van der Waals surface area contributed by atoms with Gasteiger partial charge in [-0.05, 0) is 12.5 Å². The molecule has 0 radical (unpaired) electrons. The Labute approximate surface area is 127 Å². The molecular weight excluding hydrogens is 351 g/mol. The molecule has 0 N–H and O–H groups in total. The van der Waals surface area contributed by atoms with Crippen molar-refractivity contribution in [1.82, 2.24) is 0 Å². The van der Waals surface area contributed by atoms with Gasteiger partial charge in [-0.15, -0.1) is 0 Å². The molecule has 3 rings (SSSR count). The number of halogens is 9. The van der Waals surface area contributed by atoms with Gasteiger partial charge in [0.15, 0.2) is 40.7 Å². The summed E-state index contributed by atoms with van der Waals surface area (Å²) in [6.45, 7) is 0.725. The van der Waals surface area contributed by atoms with Crippen LogP contribution >= 0.6 is 0 Å². The van der Waals surface area contributed by atoms with Gasteiger partial charge in [-0.2, -0.15) is 0 Å². The van der Waals surface area contributed by atoms with Crippen LogP contribution in [0.2, 0.25) is 0 Å². The minimum atomic E-state index is -2.46. The van der Waals surface area contributed by atoms with Crippen LogP contribution in [0.3, 0.4) is 0 Å². The van der Waals surface area contributed by atoms with Crippen molar-refractivity contribution in [2.45, 2.75) is 6.92 Å². The number of hydrogen-bond donors (Lipinski definition) is 0. The van der Waals surface area contributed by atoms with Crippen LogP contribution in [0.25, 0.3) is 21.5 Å². The van der Waals surface area contributed by atoms with E-state index in [9.17, 15) is 39.5 Å². The van der Waals surface area contributed by atoms with Gasteiger partial charge >= 0.3 is 0 Å². The Bertz CT molecular complexity index is 888. The largest absolute Gasteiger partial charge is 0.205 e. The Morgan fingerprint density at radius 2 is 0.625 bits per heavy atom. The average Bonchev–Trinajstić information content (AvgIpc) is 2.55. The molecule has 0 unspecified atom stereocenters. The summed E-state index contributed by atoms with van der Waals surface area (Å²) in [5, 5.41) is -6.22. The molecule has 0 saturated heterocycles. The normalized spacial score (nSPS) is 11.8. The van der Waals surface area contributed by atoms with Gasteiger partial charge in [0.25, 0.3) is 0 Å². The van der Waals surface area contributed by atoms with Crippen LogP contribution in [0.5, 0.6) is 0 Å². The van der Waals surface area contributed by atoms with Crippen molar-refractivity contribution in [3.05, 3.63) is 57.9 Å². The van der Waals surface area contributed by atoms with E-state index in [1.54, 1.807) is 0 Å². The summed E-state index contributed by atoms with van der Waals surface area (Å²) in [6, 6.07) is 0. The third-order valence-electron chi connectivity index (χ3n) is 3.70. The summed E-state index contributed by atoms with van der Waals surface area (Å²) in [4.78, 5) is 0. The summed E-state index contributed by atoms with van der Waals surface area (Å²) >= 11 is 0. The van der Waals surface area contributed by atoms with Gasteiger partial charge in [0, 0.05) is 5.39 Å². The highest BCUT2D eigenvalue weighted by Crippen LogP contribution is 2.39. The van der Waals surface area contributed by atoms with Gasteiger partial charge in [-0.1, -0.05) is 0 Å².